The number of nitrogens with one attached hydrogen (secondary N) is 2. The summed E-state index contributed by atoms with van der Waals surface area (Å²) in [7, 11) is 0. The van der Waals surface area contributed by atoms with Gasteiger partial charge in [0.05, 0.1) is 0 Å². The number of ether oxygens (including phenoxy) is 4. The lowest BCUT2D eigenvalue weighted by molar-refractivity contribution is -0.123. The second-order valence-electron chi connectivity index (χ2n) is 7.65. The Morgan fingerprint density at radius 2 is 1.50 bits per heavy atom. The summed E-state index contributed by atoms with van der Waals surface area (Å²) in [4.78, 5) is 25.9. The van der Waals surface area contributed by atoms with Crippen LogP contribution in [0.25, 0.3) is 6.08 Å². The lowest BCUT2D eigenvalue weighted by Crippen LogP contribution is -2.36. The van der Waals surface area contributed by atoms with E-state index in [-0.39, 0.29) is 12.7 Å². The van der Waals surface area contributed by atoms with E-state index in [0.717, 1.165) is 5.56 Å². The number of hydrogen-bond donors (Lipinski definition) is 2. The lowest BCUT2D eigenvalue weighted by Gasteiger charge is -2.21. The normalized spacial score (nSPS) is 14.5. The van der Waals surface area contributed by atoms with Gasteiger partial charge in [-0.25, -0.2) is 0 Å². The monoisotopic (exact) mass is 458 g/mol. The SMILES string of the molecule is O=C(/C=C/c1ccc2c(c1)OCO2)NC(C(=O)Nc1ccc2c(c1)OCCO2)c1ccccc1. The number of anilines is 1. The van der Waals surface area contributed by atoms with Crippen LogP contribution in [0.1, 0.15) is 17.2 Å². The molecule has 2 heterocycles. The lowest BCUT2D eigenvalue weighted by atomic mass is 10.1. The Kier molecular flexibility index (Phi) is 6.03. The molecule has 0 saturated carbocycles. The van der Waals surface area contributed by atoms with Gasteiger partial charge in [-0.15, -0.1) is 0 Å². The van der Waals surface area contributed by atoms with Crippen molar-refractivity contribution in [2.45, 2.75) is 6.04 Å². The summed E-state index contributed by atoms with van der Waals surface area (Å²) in [5.41, 5.74) is 1.97. The first-order valence-electron chi connectivity index (χ1n) is 10.8. The van der Waals surface area contributed by atoms with E-state index >= 15 is 0 Å². The van der Waals surface area contributed by atoms with E-state index in [2.05, 4.69) is 10.6 Å². The van der Waals surface area contributed by atoms with E-state index in [0.29, 0.717) is 47.5 Å². The Bertz CT molecular complexity index is 1240. The molecule has 3 aromatic carbocycles. The largest absolute Gasteiger partial charge is 0.486 e. The van der Waals surface area contributed by atoms with Crippen molar-refractivity contribution in [1.82, 2.24) is 5.32 Å². The van der Waals surface area contributed by atoms with Crippen LogP contribution in [0.15, 0.2) is 72.8 Å². The first-order chi connectivity index (χ1) is 16.7. The van der Waals surface area contributed by atoms with Crippen LogP contribution in [-0.4, -0.2) is 31.8 Å². The minimum absolute atomic E-state index is 0.181. The number of rotatable bonds is 6. The maximum absolute atomic E-state index is 13.2. The molecule has 0 fully saturated rings. The van der Waals surface area contributed by atoms with Gasteiger partial charge in [0, 0.05) is 17.8 Å². The summed E-state index contributed by atoms with van der Waals surface area (Å²) in [6, 6.07) is 18.7. The molecule has 2 N–H and O–H groups in total. The molecule has 34 heavy (non-hydrogen) atoms. The van der Waals surface area contributed by atoms with Gasteiger partial charge >= 0.3 is 0 Å². The van der Waals surface area contributed by atoms with Crippen molar-refractivity contribution in [3.8, 4) is 23.0 Å². The zero-order valence-electron chi connectivity index (χ0n) is 18.2. The summed E-state index contributed by atoms with van der Waals surface area (Å²) >= 11 is 0. The number of fused-ring (bicyclic) bond motifs is 2. The summed E-state index contributed by atoms with van der Waals surface area (Å²) in [5, 5.41) is 5.64. The summed E-state index contributed by atoms with van der Waals surface area (Å²) in [6.45, 7) is 1.11. The summed E-state index contributed by atoms with van der Waals surface area (Å²) < 4.78 is 21.8. The molecular weight excluding hydrogens is 436 g/mol. The molecule has 3 aromatic rings. The molecule has 172 valence electrons. The highest BCUT2D eigenvalue weighted by atomic mass is 16.7. The van der Waals surface area contributed by atoms with Crippen molar-refractivity contribution in [1.29, 1.82) is 0 Å². The number of benzene rings is 3. The van der Waals surface area contributed by atoms with Crippen LogP contribution < -0.4 is 29.6 Å². The van der Waals surface area contributed by atoms with Crippen LogP contribution in [0.2, 0.25) is 0 Å². The Balaban J connectivity index is 1.31. The summed E-state index contributed by atoms with van der Waals surface area (Å²) in [6.07, 6.45) is 3.03. The van der Waals surface area contributed by atoms with Crippen molar-refractivity contribution in [2.24, 2.45) is 0 Å². The van der Waals surface area contributed by atoms with E-state index in [1.807, 2.05) is 24.3 Å². The molecule has 2 aliphatic rings. The van der Waals surface area contributed by atoms with Crippen LogP contribution in [0.3, 0.4) is 0 Å². The Morgan fingerprint density at radius 1 is 0.794 bits per heavy atom. The number of carbonyl (C=O) groups is 2. The van der Waals surface area contributed by atoms with Gasteiger partial charge in [-0.1, -0.05) is 36.4 Å². The molecule has 8 heteroatoms. The maximum atomic E-state index is 13.2. The predicted octanol–water partition coefficient (Wildman–Crippen LogP) is 3.70. The van der Waals surface area contributed by atoms with Gasteiger partial charge < -0.3 is 29.6 Å². The maximum Gasteiger partial charge on any atom is 0.251 e. The van der Waals surface area contributed by atoms with E-state index in [1.54, 1.807) is 48.5 Å². The van der Waals surface area contributed by atoms with Gasteiger partial charge in [0.2, 0.25) is 12.7 Å². The molecule has 0 bridgehead atoms. The van der Waals surface area contributed by atoms with E-state index in [1.165, 1.54) is 6.08 Å². The fraction of sp³-hybridized carbons (Fsp3) is 0.154. The Labute approximate surface area is 196 Å². The van der Waals surface area contributed by atoms with Crippen LogP contribution in [-0.2, 0) is 9.59 Å². The second-order valence-corrected chi connectivity index (χ2v) is 7.65. The molecule has 8 nitrogen and oxygen atoms in total. The van der Waals surface area contributed by atoms with Gasteiger partial charge in [0.15, 0.2) is 23.0 Å². The van der Waals surface area contributed by atoms with Gasteiger partial charge in [-0.05, 0) is 41.5 Å². The van der Waals surface area contributed by atoms with E-state index in [4.69, 9.17) is 18.9 Å². The van der Waals surface area contributed by atoms with Crippen LogP contribution in [0, 0.1) is 0 Å². The Morgan fingerprint density at radius 3 is 2.35 bits per heavy atom. The van der Waals surface area contributed by atoms with Gasteiger partial charge in [0.25, 0.3) is 5.91 Å². The van der Waals surface area contributed by atoms with Crippen molar-refractivity contribution < 1.29 is 28.5 Å². The average molecular weight is 458 g/mol. The average Bonchev–Trinajstić information content (AvgIpc) is 3.34. The first kappa shape index (κ1) is 21.4. The molecule has 1 unspecified atom stereocenters. The molecule has 0 aromatic heterocycles. The van der Waals surface area contributed by atoms with Gasteiger partial charge in [-0.2, -0.15) is 0 Å². The van der Waals surface area contributed by atoms with E-state index in [9.17, 15) is 9.59 Å². The standard InChI is InChI=1S/C26H22N2O6/c29-24(11-7-17-6-9-21-22(14-17)34-16-33-21)28-25(18-4-2-1-3-5-18)26(30)27-19-8-10-20-23(15-19)32-13-12-31-20/h1-11,14-15,25H,12-13,16H2,(H,27,30)(H,28,29)/b11-7+. The topological polar surface area (TPSA) is 95.1 Å². The highest BCUT2D eigenvalue weighted by Crippen LogP contribution is 2.34. The molecule has 0 radical (unpaired) electrons. The molecule has 0 spiro atoms. The second kappa shape index (κ2) is 9.58. The molecule has 5 rings (SSSR count). The van der Waals surface area contributed by atoms with Crippen molar-refractivity contribution in [2.75, 3.05) is 25.3 Å². The fourth-order valence-electron chi connectivity index (χ4n) is 3.66. The third-order valence-electron chi connectivity index (χ3n) is 5.32. The van der Waals surface area contributed by atoms with Crippen molar-refractivity contribution >= 4 is 23.6 Å². The highest BCUT2D eigenvalue weighted by molar-refractivity contribution is 6.00. The molecule has 1 atom stereocenters. The zero-order chi connectivity index (χ0) is 23.3. The third kappa shape index (κ3) is 4.80. The molecule has 0 aliphatic carbocycles. The predicted molar refractivity (Wildman–Crippen MR) is 125 cm³/mol. The molecular formula is C26H22N2O6. The molecule has 0 saturated heterocycles. The number of hydrogen-bond acceptors (Lipinski definition) is 6. The summed E-state index contributed by atoms with van der Waals surface area (Å²) in [5.74, 6) is 1.70. The van der Waals surface area contributed by atoms with Gasteiger partial charge in [-0.3, -0.25) is 9.59 Å². The Hall–Kier alpha value is -4.46. The minimum atomic E-state index is -0.900. The quantitative estimate of drug-likeness (QED) is 0.547. The van der Waals surface area contributed by atoms with Crippen molar-refractivity contribution in [3.05, 3.63) is 83.9 Å². The zero-order valence-corrected chi connectivity index (χ0v) is 18.2. The van der Waals surface area contributed by atoms with Crippen LogP contribution >= 0.6 is 0 Å². The number of amides is 2. The van der Waals surface area contributed by atoms with Gasteiger partial charge in [0.1, 0.15) is 19.3 Å². The molecule has 2 aliphatic heterocycles. The minimum Gasteiger partial charge on any atom is -0.486 e. The first-order valence-corrected chi connectivity index (χ1v) is 10.8. The van der Waals surface area contributed by atoms with Crippen LogP contribution in [0.4, 0.5) is 5.69 Å². The smallest absolute Gasteiger partial charge is 0.251 e. The molecule has 2 amide bonds. The number of carbonyl (C=O) groups excluding carboxylic acids is 2. The van der Waals surface area contributed by atoms with E-state index < -0.39 is 11.9 Å². The highest BCUT2D eigenvalue weighted by Gasteiger charge is 2.23. The third-order valence-corrected chi connectivity index (χ3v) is 5.32. The van der Waals surface area contributed by atoms with Crippen molar-refractivity contribution in [3.63, 3.8) is 0 Å². The fourth-order valence-corrected chi connectivity index (χ4v) is 3.66. The van der Waals surface area contributed by atoms with Crippen LogP contribution in [0.5, 0.6) is 23.0 Å².